The van der Waals surface area contributed by atoms with Crippen molar-refractivity contribution in [3.63, 3.8) is 0 Å². The number of halogens is 1. The van der Waals surface area contributed by atoms with Gasteiger partial charge in [0.25, 0.3) is 5.95 Å². The number of carboxylic acid groups (broad SMARTS) is 1. The van der Waals surface area contributed by atoms with Gasteiger partial charge >= 0.3 is 5.97 Å². The molecule has 4 rings (SSSR count). The summed E-state index contributed by atoms with van der Waals surface area (Å²) in [5.41, 5.74) is 5.18. The summed E-state index contributed by atoms with van der Waals surface area (Å²) in [5, 5.41) is 18.1. The first-order valence-electron chi connectivity index (χ1n) is 10.6. The van der Waals surface area contributed by atoms with E-state index in [1.807, 2.05) is 24.9 Å². The highest BCUT2D eigenvalue weighted by molar-refractivity contribution is 6.34. The fourth-order valence-electron chi connectivity index (χ4n) is 3.65. The standard InChI is InChI=1S/C24H25ClN6O2/c1-5-30(4)22-17-9-21(26-12-18-14(2)7-6-8-15(18)3)19(25)10-20(17)28-24(29-22)31-13-16(11-27-31)23(32)33/h6-11,13,26H,5,12H2,1-4H3,(H,32,33). The first-order chi connectivity index (χ1) is 15.8. The molecule has 2 aromatic heterocycles. The quantitative estimate of drug-likeness (QED) is 0.403. The van der Waals surface area contributed by atoms with E-state index in [9.17, 15) is 9.90 Å². The van der Waals surface area contributed by atoms with E-state index < -0.39 is 5.97 Å². The number of hydrogen-bond donors (Lipinski definition) is 2. The molecule has 170 valence electrons. The highest BCUT2D eigenvalue weighted by Crippen LogP contribution is 2.33. The van der Waals surface area contributed by atoms with Crippen molar-refractivity contribution in [2.75, 3.05) is 23.8 Å². The van der Waals surface area contributed by atoms with Crippen LogP contribution in [0.1, 0.15) is 34.0 Å². The largest absolute Gasteiger partial charge is 0.478 e. The van der Waals surface area contributed by atoms with Crippen LogP contribution in [0.25, 0.3) is 16.9 Å². The Morgan fingerprint density at radius 2 is 1.94 bits per heavy atom. The molecule has 2 heterocycles. The van der Waals surface area contributed by atoms with Crippen LogP contribution in [0, 0.1) is 13.8 Å². The van der Waals surface area contributed by atoms with Gasteiger partial charge in [-0.15, -0.1) is 0 Å². The molecule has 0 saturated carbocycles. The van der Waals surface area contributed by atoms with Crippen LogP contribution in [0.15, 0.2) is 42.7 Å². The van der Waals surface area contributed by atoms with Crippen molar-refractivity contribution < 1.29 is 9.90 Å². The molecule has 0 spiro atoms. The maximum atomic E-state index is 11.2. The van der Waals surface area contributed by atoms with Gasteiger partial charge in [0.1, 0.15) is 5.82 Å². The van der Waals surface area contributed by atoms with E-state index in [0.717, 1.165) is 17.6 Å². The molecule has 4 aromatic rings. The molecule has 9 heteroatoms. The van der Waals surface area contributed by atoms with Crippen molar-refractivity contribution in [1.82, 2.24) is 19.7 Å². The van der Waals surface area contributed by atoms with E-state index in [4.69, 9.17) is 11.6 Å². The average Bonchev–Trinajstić information content (AvgIpc) is 3.28. The molecular formula is C24H25ClN6O2. The maximum absolute atomic E-state index is 11.2. The van der Waals surface area contributed by atoms with Gasteiger partial charge in [0.05, 0.1) is 28.0 Å². The molecule has 0 aliphatic carbocycles. The summed E-state index contributed by atoms with van der Waals surface area (Å²) in [7, 11) is 1.94. The molecule has 0 atom stereocenters. The molecule has 0 amide bonds. The van der Waals surface area contributed by atoms with Gasteiger partial charge in [-0.05, 0) is 49.6 Å². The number of aryl methyl sites for hydroxylation is 2. The highest BCUT2D eigenvalue weighted by Gasteiger charge is 2.17. The zero-order chi connectivity index (χ0) is 23.7. The van der Waals surface area contributed by atoms with Crippen molar-refractivity contribution in [1.29, 1.82) is 0 Å². The lowest BCUT2D eigenvalue weighted by molar-refractivity contribution is 0.0697. The van der Waals surface area contributed by atoms with Gasteiger partial charge in [-0.25, -0.2) is 14.5 Å². The number of aromatic nitrogens is 4. The monoisotopic (exact) mass is 464 g/mol. The van der Waals surface area contributed by atoms with Crippen LogP contribution < -0.4 is 10.2 Å². The van der Waals surface area contributed by atoms with Crippen LogP contribution in [0.5, 0.6) is 0 Å². The first-order valence-corrected chi connectivity index (χ1v) is 11.0. The predicted molar refractivity (Wildman–Crippen MR) is 131 cm³/mol. The van der Waals surface area contributed by atoms with Gasteiger partial charge < -0.3 is 15.3 Å². The lowest BCUT2D eigenvalue weighted by Crippen LogP contribution is -2.19. The Balaban J connectivity index is 1.77. The van der Waals surface area contributed by atoms with E-state index in [-0.39, 0.29) is 11.5 Å². The third-order valence-electron chi connectivity index (χ3n) is 5.72. The number of nitrogens with zero attached hydrogens (tertiary/aromatic N) is 5. The summed E-state index contributed by atoms with van der Waals surface area (Å²) in [4.78, 5) is 22.5. The fourth-order valence-corrected chi connectivity index (χ4v) is 3.88. The van der Waals surface area contributed by atoms with Crippen LogP contribution >= 0.6 is 11.6 Å². The molecule has 2 N–H and O–H groups in total. The van der Waals surface area contributed by atoms with Gasteiger partial charge in [0, 0.05) is 31.7 Å². The molecule has 8 nitrogen and oxygen atoms in total. The lowest BCUT2D eigenvalue weighted by atomic mass is 10.0. The van der Waals surface area contributed by atoms with Crippen LogP contribution in [0.2, 0.25) is 5.02 Å². The van der Waals surface area contributed by atoms with Gasteiger partial charge in [-0.1, -0.05) is 29.8 Å². The zero-order valence-corrected chi connectivity index (χ0v) is 19.7. The predicted octanol–water partition coefficient (Wildman–Crippen LogP) is 4.85. The van der Waals surface area contributed by atoms with Crippen LogP contribution in [0.3, 0.4) is 0 Å². The zero-order valence-electron chi connectivity index (χ0n) is 18.9. The first kappa shape index (κ1) is 22.5. The molecule has 0 bridgehead atoms. The number of carboxylic acids is 1. The van der Waals surface area contributed by atoms with Crippen molar-refractivity contribution >= 4 is 40.0 Å². The summed E-state index contributed by atoms with van der Waals surface area (Å²) in [5.74, 6) is -0.0788. The number of benzene rings is 2. The normalized spacial score (nSPS) is 11.1. The van der Waals surface area contributed by atoms with Gasteiger partial charge in [-0.2, -0.15) is 10.1 Å². The van der Waals surface area contributed by atoms with Crippen molar-refractivity contribution in [2.45, 2.75) is 27.3 Å². The molecule has 0 radical (unpaired) electrons. The Kier molecular flexibility index (Phi) is 6.20. The number of carbonyl (C=O) groups is 1. The van der Waals surface area contributed by atoms with Crippen LogP contribution in [-0.4, -0.2) is 44.4 Å². The summed E-state index contributed by atoms with van der Waals surface area (Å²) >= 11 is 6.62. The Labute approximate surface area is 196 Å². The fraction of sp³-hybridized carbons (Fsp3) is 0.250. The summed E-state index contributed by atoms with van der Waals surface area (Å²) in [6.07, 6.45) is 2.66. The van der Waals surface area contributed by atoms with E-state index in [1.165, 1.54) is 33.8 Å². The van der Waals surface area contributed by atoms with E-state index in [1.54, 1.807) is 6.07 Å². The van der Waals surface area contributed by atoms with E-state index in [2.05, 4.69) is 52.4 Å². The number of fused-ring (bicyclic) bond motifs is 1. The minimum Gasteiger partial charge on any atom is -0.478 e. The van der Waals surface area contributed by atoms with Crippen LogP contribution in [0.4, 0.5) is 11.5 Å². The second kappa shape index (κ2) is 9.07. The van der Waals surface area contributed by atoms with E-state index in [0.29, 0.717) is 22.9 Å². The lowest BCUT2D eigenvalue weighted by Gasteiger charge is -2.20. The molecular weight excluding hydrogens is 440 g/mol. The summed E-state index contributed by atoms with van der Waals surface area (Å²) in [6, 6.07) is 10.0. The number of rotatable bonds is 7. The minimum absolute atomic E-state index is 0.0631. The Bertz CT molecular complexity index is 1330. The summed E-state index contributed by atoms with van der Waals surface area (Å²) in [6.45, 7) is 7.59. The average molecular weight is 465 g/mol. The minimum atomic E-state index is -1.06. The molecule has 2 aromatic carbocycles. The molecule has 0 aliphatic heterocycles. The summed E-state index contributed by atoms with van der Waals surface area (Å²) < 4.78 is 1.36. The Morgan fingerprint density at radius 3 is 2.58 bits per heavy atom. The van der Waals surface area contributed by atoms with Crippen molar-refractivity contribution in [2.24, 2.45) is 0 Å². The molecule has 33 heavy (non-hydrogen) atoms. The molecule has 0 aliphatic rings. The molecule has 0 saturated heterocycles. The van der Waals surface area contributed by atoms with Crippen molar-refractivity contribution in [3.05, 3.63) is 70.0 Å². The third-order valence-corrected chi connectivity index (χ3v) is 6.04. The number of aromatic carboxylic acids is 1. The maximum Gasteiger partial charge on any atom is 0.338 e. The Hall–Kier alpha value is -3.65. The van der Waals surface area contributed by atoms with E-state index >= 15 is 0 Å². The second-order valence-corrected chi connectivity index (χ2v) is 8.32. The number of anilines is 2. The second-order valence-electron chi connectivity index (χ2n) is 7.91. The number of hydrogen-bond acceptors (Lipinski definition) is 6. The van der Waals surface area contributed by atoms with Crippen molar-refractivity contribution in [3.8, 4) is 5.95 Å². The molecule has 0 unspecified atom stereocenters. The van der Waals surface area contributed by atoms with Gasteiger partial charge in [-0.3, -0.25) is 0 Å². The topological polar surface area (TPSA) is 96.2 Å². The smallest absolute Gasteiger partial charge is 0.338 e. The highest BCUT2D eigenvalue weighted by atomic mass is 35.5. The third kappa shape index (κ3) is 4.47. The van der Waals surface area contributed by atoms with Gasteiger partial charge in [0.15, 0.2) is 0 Å². The number of nitrogens with one attached hydrogen (secondary N) is 1. The molecule has 0 fully saturated rings. The van der Waals surface area contributed by atoms with Gasteiger partial charge in [0.2, 0.25) is 0 Å². The van der Waals surface area contributed by atoms with Crippen LogP contribution in [-0.2, 0) is 6.54 Å². The SMILES string of the molecule is CCN(C)c1nc(-n2cc(C(=O)O)cn2)nc2cc(Cl)c(NCc3c(C)cccc3C)cc12. The Morgan fingerprint density at radius 1 is 1.21 bits per heavy atom.